The maximum Gasteiger partial charge on any atom is 0.460 e. The van der Waals surface area contributed by atoms with Crippen molar-refractivity contribution in [1.82, 2.24) is 0 Å². The molecule has 0 nitrogen and oxygen atoms in total. The fraction of sp³-hybridized carbons (Fsp3) is 1.00. The van der Waals surface area contributed by atoms with Gasteiger partial charge < -0.3 is 0 Å². The van der Waals surface area contributed by atoms with Gasteiger partial charge in [0.1, 0.15) is 0 Å². The molecule has 0 rings (SSSR count). The monoisotopic (exact) mass is 650 g/mol. The molecule has 0 aromatic heterocycles. The minimum absolute atomic E-state index is 0.118. The predicted octanol–water partition coefficient (Wildman–Crippen LogP) is 9.69. The lowest BCUT2D eigenvalue weighted by atomic mass is 9.86. The van der Waals surface area contributed by atoms with Crippen LogP contribution in [0.1, 0.15) is 65.2 Å². The molecule has 0 amide bonds. The summed E-state index contributed by atoms with van der Waals surface area (Å²) in [5.41, 5.74) is 0. The second kappa shape index (κ2) is 10.6. The Morgan fingerprint density at radius 2 is 0.853 bits per heavy atom. The Morgan fingerprint density at radius 1 is 0.500 bits per heavy atom. The molecule has 0 fully saturated rings. The Balaban J connectivity index is 5.91. The van der Waals surface area contributed by atoms with Crippen molar-refractivity contribution in [2.75, 3.05) is 0 Å². The quantitative estimate of drug-likeness (QED) is 0.0761. The molecule has 0 aliphatic heterocycles. The van der Waals surface area contributed by atoms with E-state index in [1.165, 1.54) is 0 Å². The first kappa shape index (κ1) is 33.7. The Bertz CT molecular complexity index is 652. The van der Waals surface area contributed by atoms with Crippen molar-refractivity contribution in [3.05, 3.63) is 0 Å². The molecule has 0 aromatic carbocycles. The second-order valence-electron chi connectivity index (χ2n) is 8.18. The fourth-order valence-corrected chi connectivity index (χ4v) is 3.80. The normalized spacial score (nSPS) is 17.1. The molecule has 1 atom stereocenters. The van der Waals surface area contributed by atoms with E-state index >= 15 is 0 Å². The molecule has 1 unspecified atom stereocenters. The van der Waals surface area contributed by atoms with E-state index in [1.807, 2.05) is 6.92 Å². The van der Waals surface area contributed by atoms with Crippen LogP contribution in [0.2, 0.25) is 0 Å². The number of hydrogen-bond donors (Lipinski definition) is 0. The smallest absolute Gasteiger partial charge is 0.200 e. The zero-order chi connectivity index (χ0) is 27.7. The number of unbranched alkanes of at least 4 members (excludes halogenated alkanes) is 5. The maximum absolute atomic E-state index is 14.1. The highest BCUT2D eigenvalue weighted by atomic mass is 127. The first-order valence-corrected chi connectivity index (χ1v) is 10.9. The number of hydrogen-bond acceptors (Lipinski definition) is 0. The lowest BCUT2D eigenvalue weighted by Crippen LogP contribution is -2.72. The van der Waals surface area contributed by atoms with E-state index in [9.17, 15) is 65.9 Å². The van der Waals surface area contributed by atoms with Crippen LogP contribution in [0.5, 0.6) is 0 Å². The molecular weight excluding hydrogens is 628 g/mol. The van der Waals surface area contributed by atoms with Crippen LogP contribution >= 0.6 is 22.6 Å². The number of halogens is 16. The van der Waals surface area contributed by atoms with Crippen LogP contribution in [0.3, 0.4) is 0 Å². The molecule has 0 heterocycles. The summed E-state index contributed by atoms with van der Waals surface area (Å²) < 4.78 is 197. The predicted molar refractivity (Wildman–Crippen MR) is 101 cm³/mol. The highest BCUT2D eigenvalue weighted by Crippen LogP contribution is 2.63. The van der Waals surface area contributed by atoms with Gasteiger partial charge in [-0.15, -0.1) is 0 Å². The third-order valence-electron chi connectivity index (χ3n) is 5.03. The molecule has 0 saturated carbocycles. The highest BCUT2D eigenvalue weighted by Gasteiger charge is 2.93. The van der Waals surface area contributed by atoms with Crippen molar-refractivity contribution < 1.29 is 65.9 Å². The Morgan fingerprint density at radius 3 is 1.26 bits per heavy atom. The van der Waals surface area contributed by atoms with Gasteiger partial charge in [0.25, 0.3) is 0 Å². The van der Waals surface area contributed by atoms with Crippen LogP contribution in [0.25, 0.3) is 0 Å². The van der Waals surface area contributed by atoms with E-state index in [0.29, 0.717) is 12.8 Å². The lowest BCUT2D eigenvalue weighted by molar-refractivity contribution is -0.452. The molecule has 0 aliphatic carbocycles. The Labute approximate surface area is 199 Å². The average Bonchev–Trinajstić information content (AvgIpc) is 2.61. The largest absolute Gasteiger partial charge is 0.460 e. The summed E-state index contributed by atoms with van der Waals surface area (Å²) in [5, 5.41) is 0. The van der Waals surface area contributed by atoms with Crippen molar-refractivity contribution in [1.29, 1.82) is 0 Å². The Kier molecular flexibility index (Phi) is 10.5. The van der Waals surface area contributed by atoms with E-state index in [4.69, 9.17) is 0 Å². The summed E-state index contributed by atoms with van der Waals surface area (Å²) in [7, 11) is 0. The third kappa shape index (κ3) is 6.32. The van der Waals surface area contributed by atoms with Gasteiger partial charge in [0.15, 0.2) is 0 Å². The van der Waals surface area contributed by atoms with Crippen molar-refractivity contribution in [3.8, 4) is 0 Å². The van der Waals surface area contributed by atoms with Crippen LogP contribution < -0.4 is 0 Å². The maximum atomic E-state index is 14.1. The van der Waals surface area contributed by atoms with E-state index < -0.39 is 51.6 Å². The summed E-state index contributed by atoms with van der Waals surface area (Å²) in [4.78, 5) is 0. The van der Waals surface area contributed by atoms with Crippen LogP contribution in [0.4, 0.5) is 65.9 Å². The topological polar surface area (TPSA) is 0 Å². The van der Waals surface area contributed by atoms with Crippen LogP contribution in [0, 0.1) is 0 Å². The zero-order valence-corrected chi connectivity index (χ0v) is 19.9. The molecule has 0 N–H and O–H groups in total. The van der Waals surface area contributed by atoms with Crippen molar-refractivity contribution in [2.24, 2.45) is 0 Å². The molecule has 0 saturated heterocycles. The highest BCUT2D eigenvalue weighted by molar-refractivity contribution is 14.1. The number of alkyl halides is 16. The van der Waals surface area contributed by atoms with Gasteiger partial charge >= 0.3 is 41.7 Å². The second-order valence-corrected chi connectivity index (χ2v) is 10.8. The molecule has 0 radical (unpaired) electrons. The minimum atomic E-state index is -8.23. The SMILES string of the molecule is CCCCCCCCC(C)(I)CC(F)(F)C(F)(F)C(F)(F)C(F)(F)C(F)(F)C(F)(F)C(F)(F)F. The van der Waals surface area contributed by atoms with Gasteiger partial charge in [0.2, 0.25) is 0 Å². The fourth-order valence-electron chi connectivity index (χ4n) is 2.94. The summed E-state index contributed by atoms with van der Waals surface area (Å²) in [5.74, 6) is -46.0. The standard InChI is InChI=1S/C18H22F15I/c1-3-4-5-6-7-8-9-11(2,34)10-12(19,20)13(21,22)14(23,24)15(25,26)16(27,28)17(29,30)18(31,32)33/h3-10H2,1-2H3. The van der Waals surface area contributed by atoms with Crippen LogP contribution in [0.15, 0.2) is 0 Å². The molecule has 0 aliphatic rings. The van der Waals surface area contributed by atoms with E-state index in [-0.39, 0.29) is 12.8 Å². The van der Waals surface area contributed by atoms with Crippen molar-refractivity contribution >= 4 is 22.6 Å². The van der Waals surface area contributed by atoms with Crippen molar-refractivity contribution in [3.63, 3.8) is 0 Å². The van der Waals surface area contributed by atoms with E-state index in [1.54, 1.807) is 0 Å². The minimum Gasteiger partial charge on any atom is -0.200 e. The van der Waals surface area contributed by atoms with Gasteiger partial charge in [0, 0.05) is 9.84 Å². The first-order chi connectivity index (χ1) is 14.8. The van der Waals surface area contributed by atoms with Crippen molar-refractivity contribution in [2.45, 2.75) is 110 Å². The zero-order valence-electron chi connectivity index (χ0n) is 17.7. The third-order valence-corrected chi connectivity index (χ3v) is 5.96. The summed E-state index contributed by atoms with van der Waals surface area (Å²) in [6, 6.07) is 0. The molecule has 0 bridgehead atoms. The van der Waals surface area contributed by atoms with Gasteiger partial charge in [-0.1, -0.05) is 75.0 Å². The van der Waals surface area contributed by atoms with Gasteiger partial charge in [-0.25, -0.2) is 0 Å². The molecule has 0 spiro atoms. The Hall–Kier alpha value is -0.320. The average molecular weight is 650 g/mol. The first-order valence-electron chi connectivity index (χ1n) is 9.79. The van der Waals surface area contributed by atoms with Crippen LogP contribution in [-0.4, -0.2) is 45.1 Å². The van der Waals surface area contributed by atoms with E-state index in [0.717, 1.165) is 48.8 Å². The van der Waals surface area contributed by atoms with E-state index in [2.05, 4.69) is 0 Å². The molecule has 16 heteroatoms. The van der Waals surface area contributed by atoms with Gasteiger partial charge in [0.05, 0.1) is 0 Å². The molecule has 0 aromatic rings. The lowest BCUT2D eigenvalue weighted by Gasteiger charge is -2.42. The summed E-state index contributed by atoms with van der Waals surface area (Å²) in [6.45, 7) is 2.75. The molecular formula is C18H22F15I. The number of rotatable bonds is 14. The van der Waals surface area contributed by atoms with Crippen LogP contribution in [-0.2, 0) is 0 Å². The van der Waals surface area contributed by atoms with Gasteiger partial charge in [-0.3, -0.25) is 0 Å². The summed E-state index contributed by atoms with van der Waals surface area (Å²) in [6.07, 6.45) is -6.61. The molecule has 34 heavy (non-hydrogen) atoms. The molecule has 206 valence electrons. The van der Waals surface area contributed by atoms with Gasteiger partial charge in [-0.05, 0) is 6.42 Å². The van der Waals surface area contributed by atoms with Gasteiger partial charge in [-0.2, -0.15) is 65.9 Å². The summed E-state index contributed by atoms with van der Waals surface area (Å²) >= 11 is 1.14.